The lowest BCUT2D eigenvalue weighted by atomic mass is 9.86. The molecule has 1 heteroatoms. The van der Waals surface area contributed by atoms with E-state index in [2.05, 4.69) is 67.6 Å². The molecule has 0 aliphatic heterocycles. The van der Waals surface area contributed by atoms with Crippen LogP contribution in [-0.2, 0) is 6.42 Å². The maximum absolute atomic E-state index is 6.38. The van der Waals surface area contributed by atoms with Gasteiger partial charge in [0.1, 0.15) is 0 Å². The first-order valence-electron chi connectivity index (χ1n) is 10.2. The Morgan fingerprint density at radius 1 is 0.630 bits per heavy atom. The number of benzene rings is 5. The summed E-state index contributed by atoms with van der Waals surface area (Å²) < 4.78 is 0. The molecule has 0 spiro atoms. The first-order valence-corrected chi connectivity index (χ1v) is 10.2. The van der Waals surface area contributed by atoms with Gasteiger partial charge in [-0.3, -0.25) is 0 Å². The minimum absolute atomic E-state index is 0.874. The Labute approximate surface area is 160 Å². The highest BCUT2D eigenvalue weighted by Gasteiger charge is 2.16. The van der Waals surface area contributed by atoms with E-state index >= 15 is 0 Å². The Hall–Kier alpha value is -2.80. The molecule has 5 rings (SSSR count). The molecule has 0 radical (unpaired) electrons. The summed E-state index contributed by atoms with van der Waals surface area (Å²) in [7, 11) is 0. The molecule has 0 fully saturated rings. The van der Waals surface area contributed by atoms with Gasteiger partial charge in [0, 0.05) is 11.1 Å². The number of hydrogen-bond acceptors (Lipinski definition) is 1. The van der Waals surface area contributed by atoms with Gasteiger partial charge >= 0.3 is 0 Å². The van der Waals surface area contributed by atoms with Crippen LogP contribution in [0.1, 0.15) is 38.2 Å². The third kappa shape index (κ3) is 2.45. The molecule has 5 aromatic rings. The largest absolute Gasteiger partial charge is 0.398 e. The molecule has 134 valence electrons. The number of fused-ring (bicyclic) bond motifs is 2. The highest BCUT2D eigenvalue weighted by atomic mass is 14.5. The quantitative estimate of drug-likeness (QED) is 0.151. The van der Waals surface area contributed by atoms with Crippen LogP contribution in [0, 0.1) is 0 Å². The molecule has 5 aromatic carbocycles. The first-order chi connectivity index (χ1) is 13.3. The van der Waals surface area contributed by atoms with Gasteiger partial charge < -0.3 is 5.73 Å². The number of nitrogen functional groups attached to an aromatic ring is 1. The summed E-state index contributed by atoms with van der Waals surface area (Å²) in [6.45, 7) is 2.27. The van der Waals surface area contributed by atoms with Crippen molar-refractivity contribution in [2.45, 2.75) is 39.0 Å². The van der Waals surface area contributed by atoms with Crippen LogP contribution in [0.4, 0.5) is 5.69 Å². The highest BCUT2D eigenvalue weighted by molar-refractivity contribution is 6.34. The molecule has 0 heterocycles. The average molecular weight is 351 g/mol. The smallest absolute Gasteiger partial charge is 0.0394 e. The van der Waals surface area contributed by atoms with Crippen molar-refractivity contribution in [3.63, 3.8) is 0 Å². The van der Waals surface area contributed by atoms with Crippen molar-refractivity contribution in [3.8, 4) is 0 Å². The average Bonchev–Trinajstić information content (AvgIpc) is 2.70. The third-order valence-corrected chi connectivity index (χ3v) is 6.07. The number of hydrogen-bond donors (Lipinski definition) is 1. The van der Waals surface area contributed by atoms with E-state index in [1.165, 1.54) is 74.3 Å². The van der Waals surface area contributed by atoms with Crippen LogP contribution in [0.15, 0.2) is 60.7 Å². The van der Waals surface area contributed by atoms with Crippen molar-refractivity contribution in [2.24, 2.45) is 0 Å². The summed E-state index contributed by atoms with van der Waals surface area (Å²) in [5, 5.41) is 10.7. The summed E-state index contributed by atoms with van der Waals surface area (Å²) in [5.74, 6) is 0. The van der Waals surface area contributed by atoms with E-state index in [1.54, 1.807) is 0 Å². The van der Waals surface area contributed by atoms with Crippen molar-refractivity contribution in [2.75, 3.05) is 5.73 Å². The van der Waals surface area contributed by atoms with Crippen LogP contribution in [0.25, 0.3) is 43.1 Å². The van der Waals surface area contributed by atoms with Crippen molar-refractivity contribution in [1.82, 2.24) is 0 Å². The van der Waals surface area contributed by atoms with Gasteiger partial charge in [-0.1, -0.05) is 80.8 Å². The Kier molecular flexibility index (Phi) is 3.89. The zero-order chi connectivity index (χ0) is 18.4. The molecular formula is C26H25N. The van der Waals surface area contributed by atoms with Crippen LogP contribution in [0.2, 0.25) is 0 Å². The van der Waals surface area contributed by atoms with Crippen LogP contribution >= 0.6 is 0 Å². The summed E-state index contributed by atoms with van der Waals surface area (Å²) >= 11 is 0. The van der Waals surface area contributed by atoms with Crippen molar-refractivity contribution in [3.05, 3.63) is 66.2 Å². The fourth-order valence-corrected chi connectivity index (χ4v) is 4.77. The van der Waals surface area contributed by atoms with Crippen molar-refractivity contribution < 1.29 is 0 Å². The van der Waals surface area contributed by atoms with Crippen LogP contribution < -0.4 is 5.73 Å². The van der Waals surface area contributed by atoms with Gasteiger partial charge in [0.2, 0.25) is 0 Å². The lowest BCUT2D eigenvalue weighted by Crippen LogP contribution is -1.95. The number of nitrogens with two attached hydrogens (primary N) is 1. The first kappa shape index (κ1) is 16.4. The topological polar surface area (TPSA) is 26.0 Å². The van der Waals surface area contributed by atoms with Crippen LogP contribution in [0.5, 0.6) is 0 Å². The predicted octanol–water partition coefficient (Wildman–Crippen LogP) is 7.44. The van der Waals surface area contributed by atoms with E-state index in [1.807, 2.05) is 0 Å². The van der Waals surface area contributed by atoms with E-state index in [9.17, 15) is 0 Å². The maximum atomic E-state index is 6.38. The molecule has 0 saturated carbocycles. The van der Waals surface area contributed by atoms with Crippen LogP contribution in [0.3, 0.4) is 0 Å². The minimum atomic E-state index is 0.874. The predicted molar refractivity (Wildman–Crippen MR) is 120 cm³/mol. The Morgan fingerprint density at radius 2 is 1.37 bits per heavy atom. The standard InChI is InChI=1S/C26H25N/c1-2-3-4-5-8-18-13-14-21-23(27)16-15-20-19-11-6-9-17-10-7-12-22(24(17)19)25(18)26(20)21/h6-7,9-16H,2-5,8,27H2,1H3. The van der Waals surface area contributed by atoms with E-state index in [0.717, 1.165) is 12.1 Å². The lowest BCUT2D eigenvalue weighted by Gasteiger charge is -2.18. The molecule has 0 aliphatic rings. The van der Waals surface area contributed by atoms with Gasteiger partial charge in [0.25, 0.3) is 0 Å². The molecule has 0 aromatic heterocycles. The normalized spacial score (nSPS) is 12.0. The van der Waals surface area contributed by atoms with Gasteiger partial charge in [-0.15, -0.1) is 0 Å². The molecule has 0 unspecified atom stereocenters. The molecule has 2 N–H and O–H groups in total. The Bertz CT molecular complexity index is 1260. The summed E-state index contributed by atoms with van der Waals surface area (Å²) in [6, 6.07) is 22.2. The van der Waals surface area contributed by atoms with Crippen molar-refractivity contribution >= 4 is 48.8 Å². The molecule has 0 saturated heterocycles. The second kappa shape index (κ2) is 6.42. The zero-order valence-corrected chi connectivity index (χ0v) is 15.9. The molecule has 0 bridgehead atoms. The minimum Gasteiger partial charge on any atom is -0.398 e. The summed E-state index contributed by atoms with van der Waals surface area (Å²) in [4.78, 5) is 0. The fraction of sp³-hybridized carbons (Fsp3) is 0.231. The van der Waals surface area contributed by atoms with Gasteiger partial charge in [0.05, 0.1) is 0 Å². The number of anilines is 1. The molecule has 1 nitrogen and oxygen atoms in total. The summed E-state index contributed by atoms with van der Waals surface area (Å²) in [6.07, 6.45) is 6.29. The second-order valence-electron chi connectivity index (χ2n) is 7.74. The molecule has 0 atom stereocenters. The van der Waals surface area contributed by atoms with E-state index in [4.69, 9.17) is 5.73 Å². The molecule has 0 aliphatic carbocycles. The Balaban J connectivity index is 1.91. The second-order valence-corrected chi connectivity index (χ2v) is 7.74. The highest BCUT2D eigenvalue weighted by Crippen LogP contribution is 2.43. The van der Waals surface area contributed by atoms with E-state index < -0.39 is 0 Å². The Morgan fingerprint density at radius 3 is 2.19 bits per heavy atom. The monoisotopic (exact) mass is 351 g/mol. The number of aryl methyl sites for hydroxylation is 1. The maximum Gasteiger partial charge on any atom is 0.0394 e. The van der Waals surface area contributed by atoms with Crippen molar-refractivity contribution in [1.29, 1.82) is 0 Å². The zero-order valence-electron chi connectivity index (χ0n) is 15.9. The van der Waals surface area contributed by atoms with Gasteiger partial charge in [-0.05, 0) is 62.2 Å². The molecule has 27 heavy (non-hydrogen) atoms. The van der Waals surface area contributed by atoms with Gasteiger partial charge in [-0.2, -0.15) is 0 Å². The third-order valence-electron chi connectivity index (χ3n) is 6.07. The SMILES string of the molecule is CCCCCCc1ccc2c(N)ccc3c4cccc5cccc(c1c23)c54. The lowest BCUT2D eigenvalue weighted by molar-refractivity contribution is 0.668. The van der Waals surface area contributed by atoms with Gasteiger partial charge in [0.15, 0.2) is 0 Å². The van der Waals surface area contributed by atoms with Gasteiger partial charge in [-0.25, -0.2) is 0 Å². The van der Waals surface area contributed by atoms with Crippen LogP contribution in [-0.4, -0.2) is 0 Å². The molecule has 0 amide bonds. The molecular weight excluding hydrogens is 326 g/mol. The fourth-order valence-electron chi connectivity index (χ4n) is 4.77. The number of rotatable bonds is 5. The van der Waals surface area contributed by atoms with E-state index in [-0.39, 0.29) is 0 Å². The summed E-state index contributed by atoms with van der Waals surface area (Å²) in [5.41, 5.74) is 8.72. The number of unbranched alkanes of at least 4 members (excludes halogenated alkanes) is 3. The van der Waals surface area contributed by atoms with E-state index in [0.29, 0.717) is 0 Å².